The van der Waals surface area contributed by atoms with Gasteiger partial charge < -0.3 is 10.1 Å². The van der Waals surface area contributed by atoms with Crippen LogP contribution in [0, 0.1) is 5.41 Å². The summed E-state index contributed by atoms with van der Waals surface area (Å²) in [6.45, 7) is 7.83. The molecular weight excluding hydrogens is 212 g/mol. The van der Waals surface area contributed by atoms with Gasteiger partial charge in [-0.05, 0) is 25.1 Å². The third kappa shape index (κ3) is 2.60. The predicted octanol–water partition coefficient (Wildman–Crippen LogP) is 2.63. The molecule has 3 heteroatoms. The summed E-state index contributed by atoms with van der Waals surface area (Å²) in [6, 6.07) is 4.45. The van der Waals surface area contributed by atoms with Crippen LogP contribution in [-0.4, -0.2) is 23.7 Å². The first-order chi connectivity index (χ1) is 8.14. The molecule has 0 aliphatic heterocycles. The van der Waals surface area contributed by atoms with Crippen LogP contribution in [-0.2, 0) is 0 Å². The monoisotopic (exact) mass is 234 g/mol. The Morgan fingerprint density at radius 3 is 2.94 bits per heavy atom. The summed E-state index contributed by atoms with van der Waals surface area (Å²) in [6.07, 6.45) is 6.11. The highest BCUT2D eigenvalue weighted by Crippen LogP contribution is 2.42. The average Bonchev–Trinajstić information content (AvgIpc) is 2.34. The van der Waals surface area contributed by atoms with Crippen LogP contribution in [0.15, 0.2) is 24.5 Å². The first-order valence-corrected chi connectivity index (χ1v) is 6.44. The van der Waals surface area contributed by atoms with Gasteiger partial charge in [0.05, 0.1) is 6.20 Å². The lowest BCUT2D eigenvalue weighted by Gasteiger charge is -2.51. The van der Waals surface area contributed by atoms with Crippen molar-refractivity contribution < 1.29 is 4.74 Å². The molecule has 1 aromatic heterocycles. The molecule has 17 heavy (non-hydrogen) atoms. The SMILES string of the molecule is CCCNC1CC(Oc2cccnc2)C1(C)C. The number of ether oxygens (including phenoxy) is 1. The smallest absolute Gasteiger partial charge is 0.138 e. The molecule has 2 rings (SSSR count). The standard InChI is InChI=1S/C14H22N2O/c1-4-7-16-12-9-13(14(12,2)3)17-11-6-5-8-15-10-11/h5-6,8,10,12-13,16H,4,7,9H2,1-3H3. The van der Waals surface area contributed by atoms with Crippen LogP contribution >= 0.6 is 0 Å². The summed E-state index contributed by atoms with van der Waals surface area (Å²) < 4.78 is 5.97. The molecule has 0 radical (unpaired) electrons. The Bertz CT molecular complexity index is 350. The fourth-order valence-corrected chi connectivity index (χ4v) is 2.33. The summed E-state index contributed by atoms with van der Waals surface area (Å²) in [7, 11) is 0. The summed E-state index contributed by atoms with van der Waals surface area (Å²) in [5.74, 6) is 0.875. The summed E-state index contributed by atoms with van der Waals surface area (Å²) in [5, 5.41) is 3.58. The largest absolute Gasteiger partial charge is 0.488 e. The van der Waals surface area contributed by atoms with Crippen LogP contribution in [0.25, 0.3) is 0 Å². The lowest BCUT2D eigenvalue weighted by atomic mass is 9.64. The van der Waals surface area contributed by atoms with E-state index in [-0.39, 0.29) is 5.41 Å². The van der Waals surface area contributed by atoms with Crippen LogP contribution in [0.5, 0.6) is 5.75 Å². The molecule has 94 valence electrons. The zero-order valence-corrected chi connectivity index (χ0v) is 10.9. The molecule has 3 nitrogen and oxygen atoms in total. The third-order valence-electron chi connectivity index (χ3n) is 3.73. The van der Waals surface area contributed by atoms with Crippen molar-refractivity contribution in [2.24, 2.45) is 5.41 Å². The summed E-state index contributed by atoms with van der Waals surface area (Å²) in [5.41, 5.74) is 0.199. The number of nitrogens with zero attached hydrogens (tertiary/aromatic N) is 1. The highest BCUT2D eigenvalue weighted by atomic mass is 16.5. The van der Waals surface area contributed by atoms with Crippen molar-refractivity contribution in [2.75, 3.05) is 6.54 Å². The van der Waals surface area contributed by atoms with Gasteiger partial charge in [0.15, 0.2) is 0 Å². The Hall–Kier alpha value is -1.09. The van der Waals surface area contributed by atoms with Gasteiger partial charge in [-0.25, -0.2) is 0 Å². The van der Waals surface area contributed by atoms with Gasteiger partial charge >= 0.3 is 0 Å². The van der Waals surface area contributed by atoms with Gasteiger partial charge in [-0.2, -0.15) is 0 Å². The van der Waals surface area contributed by atoms with Crippen molar-refractivity contribution in [3.05, 3.63) is 24.5 Å². The minimum Gasteiger partial charge on any atom is -0.488 e. The highest BCUT2D eigenvalue weighted by molar-refractivity contribution is 5.18. The molecule has 1 aliphatic rings. The van der Waals surface area contributed by atoms with E-state index in [1.165, 1.54) is 6.42 Å². The van der Waals surface area contributed by atoms with E-state index in [9.17, 15) is 0 Å². The summed E-state index contributed by atoms with van der Waals surface area (Å²) in [4.78, 5) is 4.07. The predicted molar refractivity (Wildman–Crippen MR) is 69.1 cm³/mol. The molecule has 1 heterocycles. The van der Waals surface area contributed by atoms with Crippen molar-refractivity contribution in [3.63, 3.8) is 0 Å². The van der Waals surface area contributed by atoms with E-state index in [0.29, 0.717) is 12.1 Å². The molecular formula is C14H22N2O. The number of nitrogens with one attached hydrogen (secondary N) is 1. The van der Waals surface area contributed by atoms with Crippen molar-refractivity contribution in [3.8, 4) is 5.75 Å². The van der Waals surface area contributed by atoms with E-state index >= 15 is 0 Å². The molecule has 1 saturated carbocycles. The second kappa shape index (κ2) is 5.05. The molecule has 0 amide bonds. The van der Waals surface area contributed by atoms with Crippen LogP contribution < -0.4 is 10.1 Å². The maximum absolute atomic E-state index is 5.97. The molecule has 0 saturated heterocycles. The van der Waals surface area contributed by atoms with Crippen LogP contribution in [0.4, 0.5) is 0 Å². The molecule has 1 N–H and O–H groups in total. The van der Waals surface area contributed by atoms with E-state index in [1.54, 1.807) is 12.4 Å². The molecule has 1 fully saturated rings. The minimum atomic E-state index is 0.199. The first kappa shape index (κ1) is 12.4. The van der Waals surface area contributed by atoms with Gasteiger partial charge in [0.2, 0.25) is 0 Å². The quantitative estimate of drug-likeness (QED) is 0.850. The maximum Gasteiger partial charge on any atom is 0.138 e. The lowest BCUT2D eigenvalue weighted by molar-refractivity contribution is -0.0547. The normalized spacial score (nSPS) is 26.3. The third-order valence-corrected chi connectivity index (χ3v) is 3.73. The Balaban J connectivity index is 1.89. The Kier molecular flexibility index (Phi) is 3.67. The van der Waals surface area contributed by atoms with E-state index in [0.717, 1.165) is 18.7 Å². The lowest BCUT2D eigenvalue weighted by Crippen LogP contribution is -2.62. The van der Waals surface area contributed by atoms with Crippen molar-refractivity contribution in [1.82, 2.24) is 10.3 Å². The molecule has 1 aliphatic carbocycles. The Morgan fingerprint density at radius 2 is 2.35 bits per heavy atom. The van der Waals surface area contributed by atoms with Gasteiger partial charge in [0, 0.05) is 24.1 Å². The molecule has 0 aromatic carbocycles. The highest BCUT2D eigenvalue weighted by Gasteiger charge is 2.49. The topological polar surface area (TPSA) is 34.1 Å². The second-order valence-corrected chi connectivity index (χ2v) is 5.36. The Morgan fingerprint density at radius 1 is 1.53 bits per heavy atom. The van der Waals surface area contributed by atoms with Crippen LogP contribution in [0.1, 0.15) is 33.6 Å². The van der Waals surface area contributed by atoms with Crippen molar-refractivity contribution >= 4 is 0 Å². The van der Waals surface area contributed by atoms with Crippen molar-refractivity contribution in [2.45, 2.75) is 45.8 Å². The van der Waals surface area contributed by atoms with Gasteiger partial charge in [0.25, 0.3) is 0 Å². The first-order valence-electron chi connectivity index (χ1n) is 6.44. The molecule has 0 bridgehead atoms. The number of rotatable bonds is 5. The molecule has 1 aromatic rings. The zero-order chi connectivity index (χ0) is 12.3. The van der Waals surface area contributed by atoms with Gasteiger partial charge in [0.1, 0.15) is 11.9 Å². The zero-order valence-electron chi connectivity index (χ0n) is 10.9. The minimum absolute atomic E-state index is 0.199. The van der Waals surface area contributed by atoms with Crippen LogP contribution in [0.2, 0.25) is 0 Å². The fourth-order valence-electron chi connectivity index (χ4n) is 2.33. The van der Waals surface area contributed by atoms with E-state index in [4.69, 9.17) is 4.74 Å². The Labute approximate surface area is 104 Å². The van der Waals surface area contributed by atoms with Crippen LogP contribution in [0.3, 0.4) is 0 Å². The van der Waals surface area contributed by atoms with E-state index in [1.807, 2.05) is 12.1 Å². The van der Waals surface area contributed by atoms with Gasteiger partial charge in [-0.3, -0.25) is 4.98 Å². The summed E-state index contributed by atoms with van der Waals surface area (Å²) >= 11 is 0. The van der Waals surface area contributed by atoms with E-state index < -0.39 is 0 Å². The number of hydrogen-bond donors (Lipinski definition) is 1. The van der Waals surface area contributed by atoms with Gasteiger partial charge in [-0.15, -0.1) is 0 Å². The molecule has 0 spiro atoms. The average molecular weight is 234 g/mol. The molecule has 2 atom stereocenters. The molecule has 2 unspecified atom stereocenters. The maximum atomic E-state index is 5.97. The fraction of sp³-hybridized carbons (Fsp3) is 0.643. The number of pyridine rings is 1. The van der Waals surface area contributed by atoms with Gasteiger partial charge in [-0.1, -0.05) is 20.8 Å². The second-order valence-electron chi connectivity index (χ2n) is 5.36. The number of hydrogen-bond acceptors (Lipinski definition) is 3. The number of aromatic nitrogens is 1. The van der Waals surface area contributed by atoms with Crippen molar-refractivity contribution in [1.29, 1.82) is 0 Å². The van der Waals surface area contributed by atoms with E-state index in [2.05, 4.69) is 31.1 Å².